The van der Waals surface area contributed by atoms with Crippen LogP contribution in [0.1, 0.15) is 19.3 Å². The molecular weight excluding hydrogens is 188 g/mol. The van der Waals surface area contributed by atoms with Gasteiger partial charge in [0.1, 0.15) is 0 Å². The van der Waals surface area contributed by atoms with E-state index in [1.54, 1.807) is 0 Å². The van der Waals surface area contributed by atoms with E-state index in [2.05, 4.69) is 10.1 Å². The summed E-state index contributed by atoms with van der Waals surface area (Å²) in [4.78, 5) is 20.7. The van der Waals surface area contributed by atoms with E-state index in [-0.39, 0.29) is 0 Å². The average Bonchev–Trinajstić information content (AvgIpc) is 2.15. The summed E-state index contributed by atoms with van der Waals surface area (Å²) in [5, 5.41) is 2.46. The van der Waals surface area contributed by atoms with Crippen LogP contribution in [0.3, 0.4) is 0 Å². The number of unbranched alkanes of at least 4 members (excludes halogenated alkanes) is 2. The normalized spacial score (nSPS) is 9.21. The van der Waals surface area contributed by atoms with Crippen LogP contribution in [-0.4, -0.2) is 25.3 Å². The summed E-state index contributed by atoms with van der Waals surface area (Å²) in [5.74, 6) is 4.78. The summed E-state index contributed by atoms with van der Waals surface area (Å²) >= 11 is 0. The van der Waals surface area contributed by atoms with E-state index in [0.717, 1.165) is 19.3 Å². The van der Waals surface area contributed by atoms with E-state index in [9.17, 15) is 9.59 Å². The molecule has 0 aromatic carbocycles. The van der Waals surface area contributed by atoms with Gasteiger partial charge in [0.2, 0.25) is 0 Å². The fraction of sp³-hybridized carbons (Fsp3) is 0.714. The maximum atomic E-state index is 10.5. The molecule has 82 valence electrons. The smallest absolute Gasteiger partial charge is 0.421 e. The second kappa shape index (κ2) is 8.11. The number of nitrogens with two attached hydrogens (primary N) is 2. The van der Waals surface area contributed by atoms with Crippen LogP contribution >= 0.6 is 0 Å². The van der Waals surface area contributed by atoms with Crippen molar-refractivity contribution in [2.45, 2.75) is 19.3 Å². The second-order valence-electron chi connectivity index (χ2n) is 2.63. The summed E-state index contributed by atoms with van der Waals surface area (Å²) in [7, 11) is 0. The van der Waals surface area contributed by atoms with Crippen molar-refractivity contribution in [1.82, 2.24) is 10.7 Å². The van der Waals surface area contributed by atoms with Gasteiger partial charge in [-0.1, -0.05) is 0 Å². The SMILES string of the molecule is NNC(=O)OCCCCCNC(N)=O. The summed E-state index contributed by atoms with van der Waals surface area (Å²) in [6.07, 6.45) is 1.74. The number of hydrogen-bond donors (Lipinski definition) is 4. The predicted molar refractivity (Wildman–Crippen MR) is 50.1 cm³/mol. The van der Waals surface area contributed by atoms with E-state index < -0.39 is 12.1 Å². The van der Waals surface area contributed by atoms with Crippen LogP contribution < -0.4 is 22.3 Å². The molecule has 6 N–H and O–H groups in total. The van der Waals surface area contributed by atoms with Crippen LogP contribution in [0.25, 0.3) is 0 Å². The molecule has 3 amide bonds. The minimum Gasteiger partial charge on any atom is -0.449 e. The Kier molecular flexibility index (Phi) is 7.24. The lowest BCUT2D eigenvalue weighted by molar-refractivity contribution is 0.144. The van der Waals surface area contributed by atoms with E-state index in [0.29, 0.717) is 13.2 Å². The molecule has 0 saturated heterocycles. The first-order valence-corrected chi connectivity index (χ1v) is 4.33. The molecule has 0 bridgehead atoms. The van der Waals surface area contributed by atoms with Crippen molar-refractivity contribution in [1.29, 1.82) is 0 Å². The van der Waals surface area contributed by atoms with Crippen LogP contribution in [-0.2, 0) is 4.74 Å². The van der Waals surface area contributed by atoms with Gasteiger partial charge >= 0.3 is 12.1 Å². The van der Waals surface area contributed by atoms with E-state index >= 15 is 0 Å². The number of rotatable bonds is 6. The van der Waals surface area contributed by atoms with Crippen LogP contribution in [0.15, 0.2) is 0 Å². The van der Waals surface area contributed by atoms with Gasteiger partial charge in [-0.2, -0.15) is 0 Å². The van der Waals surface area contributed by atoms with Crippen molar-refractivity contribution in [3.63, 3.8) is 0 Å². The molecule has 0 aliphatic carbocycles. The monoisotopic (exact) mass is 204 g/mol. The molecule has 7 nitrogen and oxygen atoms in total. The maximum Gasteiger partial charge on any atom is 0.421 e. The Labute approximate surface area is 82.1 Å². The topological polar surface area (TPSA) is 119 Å². The summed E-state index contributed by atoms with van der Waals surface area (Å²) in [6, 6.07) is -0.524. The van der Waals surface area contributed by atoms with Gasteiger partial charge in [-0.3, -0.25) is 5.43 Å². The molecule has 0 fully saturated rings. The molecule has 7 heteroatoms. The number of carbonyl (C=O) groups excluding carboxylic acids is 2. The van der Waals surface area contributed by atoms with Gasteiger partial charge in [-0.15, -0.1) is 0 Å². The molecule has 0 aliphatic rings. The largest absolute Gasteiger partial charge is 0.449 e. The summed E-state index contributed by atoms with van der Waals surface area (Å²) in [5.41, 5.74) is 6.70. The highest BCUT2D eigenvalue weighted by Gasteiger charge is 1.97. The number of ether oxygens (including phenoxy) is 1. The number of carbonyl (C=O) groups is 2. The van der Waals surface area contributed by atoms with Gasteiger partial charge in [0, 0.05) is 6.54 Å². The molecule has 0 saturated carbocycles. The van der Waals surface area contributed by atoms with Crippen LogP contribution in [0, 0.1) is 0 Å². The zero-order chi connectivity index (χ0) is 10.8. The Morgan fingerprint density at radius 1 is 1.21 bits per heavy atom. The van der Waals surface area contributed by atoms with Gasteiger partial charge in [0.05, 0.1) is 6.61 Å². The molecule has 0 heterocycles. The number of primary amides is 1. The van der Waals surface area contributed by atoms with Gasteiger partial charge in [0.15, 0.2) is 0 Å². The van der Waals surface area contributed by atoms with Crippen molar-refractivity contribution in [3.8, 4) is 0 Å². The lowest BCUT2D eigenvalue weighted by atomic mass is 10.2. The Bertz CT molecular complexity index is 186. The fourth-order valence-corrected chi connectivity index (χ4v) is 0.822. The third kappa shape index (κ3) is 8.60. The number of hydrazine groups is 1. The second-order valence-corrected chi connectivity index (χ2v) is 2.63. The van der Waals surface area contributed by atoms with Crippen molar-refractivity contribution >= 4 is 12.1 Å². The first-order valence-electron chi connectivity index (χ1n) is 4.33. The van der Waals surface area contributed by atoms with E-state index in [1.807, 2.05) is 5.43 Å². The Balaban J connectivity index is 3.06. The standard InChI is InChI=1S/C7H16N4O3/c8-6(12)10-4-2-1-3-5-14-7(13)11-9/h1-5,9H2,(H,11,13)(H3,8,10,12). The number of hydrogen-bond acceptors (Lipinski definition) is 4. The fourth-order valence-electron chi connectivity index (χ4n) is 0.822. The van der Waals surface area contributed by atoms with Crippen LogP contribution in [0.2, 0.25) is 0 Å². The molecule has 0 atom stereocenters. The minimum absolute atomic E-state index is 0.319. The van der Waals surface area contributed by atoms with Gasteiger partial charge in [-0.05, 0) is 19.3 Å². The molecule has 0 spiro atoms. The highest BCUT2D eigenvalue weighted by atomic mass is 16.5. The Morgan fingerprint density at radius 3 is 2.50 bits per heavy atom. The van der Waals surface area contributed by atoms with Gasteiger partial charge in [-0.25, -0.2) is 15.4 Å². The first-order chi connectivity index (χ1) is 6.66. The molecular formula is C7H16N4O3. The van der Waals surface area contributed by atoms with E-state index in [4.69, 9.17) is 11.6 Å². The summed E-state index contributed by atoms with van der Waals surface area (Å²) < 4.78 is 4.63. The third-order valence-electron chi connectivity index (χ3n) is 1.47. The molecule has 0 aliphatic heterocycles. The molecule has 0 aromatic heterocycles. The predicted octanol–water partition coefficient (Wildman–Crippen LogP) is -0.575. The Hall–Kier alpha value is -1.50. The molecule has 0 rings (SSSR count). The zero-order valence-corrected chi connectivity index (χ0v) is 7.91. The van der Waals surface area contributed by atoms with Crippen molar-refractivity contribution in [2.24, 2.45) is 11.6 Å². The van der Waals surface area contributed by atoms with Gasteiger partial charge < -0.3 is 15.8 Å². The minimum atomic E-state index is -0.639. The number of nitrogens with one attached hydrogen (secondary N) is 2. The van der Waals surface area contributed by atoms with Crippen LogP contribution in [0.4, 0.5) is 9.59 Å². The van der Waals surface area contributed by atoms with Crippen LogP contribution in [0.5, 0.6) is 0 Å². The quantitative estimate of drug-likeness (QED) is 0.200. The summed E-state index contributed by atoms with van der Waals surface area (Å²) in [6.45, 7) is 0.859. The zero-order valence-electron chi connectivity index (χ0n) is 7.91. The highest BCUT2D eigenvalue weighted by molar-refractivity contribution is 5.71. The Morgan fingerprint density at radius 2 is 1.93 bits per heavy atom. The molecule has 0 aromatic rings. The van der Waals surface area contributed by atoms with Crippen molar-refractivity contribution < 1.29 is 14.3 Å². The lowest BCUT2D eigenvalue weighted by Gasteiger charge is -2.03. The molecule has 0 unspecified atom stereocenters. The van der Waals surface area contributed by atoms with Crippen molar-refractivity contribution in [3.05, 3.63) is 0 Å². The average molecular weight is 204 g/mol. The third-order valence-corrected chi connectivity index (χ3v) is 1.47. The maximum absolute atomic E-state index is 10.5. The molecule has 0 radical (unpaired) electrons. The van der Waals surface area contributed by atoms with Gasteiger partial charge in [0.25, 0.3) is 0 Å². The number of urea groups is 1. The van der Waals surface area contributed by atoms with E-state index in [1.165, 1.54) is 0 Å². The molecule has 14 heavy (non-hydrogen) atoms. The lowest BCUT2D eigenvalue weighted by Crippen LogP contribution is -2.31. The highest BCUT2D eigenvalue weighted by Crippen LogP contribution is 1.94. The van der Waals surface area contributed by atoms with Crippen molar-refractivity contribution in [2.75, 3.05) is 13.2 Å². The number of amides is 3. The first kappa shape index (κ1) is 12.5.